The van der Waals surface area contributed by atoms with Crippen LogP contribution in [0.2, 0.25) is 0 Å². The van der Waals surface area contributed by atoms with Gasteiger partial charge in [-0.3, -0.25) is 0 Å². The second-order valence-corrected chi connectivity index (χ2v) is 5.86. The van der Waals surface area contributed by atoms with Gasteiger partial charge in [-0.25, -0.2) is 4.98 Å². The van der Waals surface area contributed by atoms with E-state index in [1.165, 1.54) is 0 Å². The highest BCUT2D eigenvalue weighted by Gasteiger charge is 2.16. The minimum absolute atomic E-state index is 0.121. The molecule has 2 heterocycles. The maximum Gasteiger partial charge on any atom is 0.231 e. The van der Waals surface area contributed by atoms with Gasteiger partial charge in [0.1, 0.15) is 5.82 Å². The Labute approximate surface area is 124 Å². The Bertz CT molecular complexity index is 643. The fourth-order valence-corrected chi connectivity index (χ4v) is 2.62. The van der Waals surface area contributed by atoms with Crippen LogP contribution < -0.4 is 20.5 Å². The van der Waals surface area contributed by atoms with E-state index in [2.05, 4.69) is 24.1 Å². The molecule has 0 aliphatic carbocycles. The average molecular weight is 287 g/mol. The molecular weight excluding hydrogens is 266 g/mol. The number of rotatable bonds is 5. The molecule has 1 atom stereocenters. The summed E-state index contributed by atoms with van der Waals surface area (Å²) >= 11 is 0. The molecule has 0 saturated carbocycles. The van der Waals surface area contributed by atoms with Gasteiger partial charge in [0.2, 0.25) is 6.79 Å². The van der Waals surface area contributed by atoms with Crippen LogP contribution in [0.4, 0.5) is 5.82 Å². The van der Waals surface area contributed by atoms with Crippen molar-refractivity contribution in [3.05, 3.63) is 24.4 Å². The summed E-state index contributed by atoms with van der Waals surface area (Å²) in [5.41, 5.74) is 6.12. The number of ether oxygens (including phenoxy) is 2. The molecule has 1 aromatic heterocycles. The van der Waals surface area contributed by atoms with Gasteiger partial charge >= 0.3 is 0 Å². The van der Waals surface area contributed by atoms with E-state index < -0.39 is 0 Å². The van der Waals surface area contributed by atoms with E-state index in [0.29, 0.717) is 12.5 Å². The summed E-state index contributed by atoms with van der Waals surface area (Å²) in [5, 5.41) is 5.46. The lowest BCUT2D eigenvalue weighted by atomic mass is 10.0. The van der Waals surface area contributed by atoms with Crippen LogP contribution in [-0.4, -0.2) is 24.4 Å². The lowest BCUT2D eigenvalue weighted by Crippen LogP contribution is -2.30. The average Bonchev–Trinajstić information content (AvgIpc) is 2.89. The molecule has 112 valence electrons. The number of nitrogens with zero attached hydrogens (tertiary/aromatic N) is 1. The first-order valence-corrected chi connectivity index (χ1v) is 7.31. The van der Waals surface area contributed by atoms with Crippen LogP contribution in [0, 0.1) is 5.92 Å². The van der Waals surface area contributed by atoms with Crippen molar-refractivity contribution in [2.24, 2.45) is 11.7 Å². The van der Waals surface area contributed by atoms with Crippen molar-refractivity contribution in [3.63, 3.8) is 0 Å². The third-order valence-corrected chi connectivity index (χ3v) is 3.56. The largest absolute Gasteiger partial charge is 0.454 e. The van der Waals surface area contributed by atoms with Gasteiger partial charge in [0.25, 0.3) is 0 Å². The van der Waals surface area contributed by atoms with Crippen LogP contribution in [0.15, 0.2) is 24.4 Å². The molecule has 0 bridgehead atoms. The quantitative estimate of drug-likeness (QED) is 0.885. The SMILES string of the molecule is CC(C)CC(N)CNc1nccc2cc3c(cc12)OCO3. The van der Waals surface area contributed by atoms with Crippen LogP contribution in [0.25, 0.3) is 10.8 Å². The number of nitrogens with one attached hydrogen (secondary N) is 1. The van der Waals surface area contributed by atoms with E-state index in [9.17, 15) is 0 Å². The monoisotopic (exact) mass is 287 g/mol. The van der Waals surface area contributed by atoms with E-state index in [4.69, 9.17) is 15.2 Å². The van der Waals surface area contributed by atoms with Crippen molar-refractivity contribution in [1.29, 1.82) is 0 Å². The number of pyridine rings is 1. The molecule has 0 spiro atoms. The second kappa shape index (κ2) is 5.77. The number of hydrogen-bond acceptors (Lipinski definition) is 5. The number of hydrogen-bond donors (Lipinski definition) is 2. The Balaban J connectivity index is 1.82. The molecule has 3 N–H and O–H groups in total. The molecule has 21 heavy (non-hydrogen) atoms. The molecule has 0 radical (unpaired) electrons. The first-order valence-electron chi connectivity index (χ1n) is 7.31. The lowest BCUT2D eigenvalue weighted by molar-refractivity contribution is 0.174. The van der Waals surface area contributed by atoms with E-state index in [1.807, 2.05) is 18.2 Å². The number of nitrogens with two attached hydrogens (primary N) is 1. The zero-order valence-electron chi connectivity index (χ0n) is 12.4. The van der Waals surface area contributed by atoms with Crippen molar-refractivity contribution in [2.45, 2.75) is 26.3 Å². The normalized spacial score (nSPS) is 14.7. The Morgan fingerprint density at radius 2 is 2.05 bits per heavy atom. The molecular formula is C16H21N3O2. The van der Waals surface area contributed by atoms with Crippen LogP contribution in [-0.2, 0) is 0 Å². The van der Waals surface area contributed by atoms with Gasteiger partial charge in [0, 0.05) is 24.2 Å². The Hall–Kier alpha value is -2.01. The fourth-order valence-electron chi connectivity index (χ4n) is 2.62. The molecule has 2 aromatic rings. The van der Waals surface area contributed by atoms with E-state index >= 15 is 0 Å². The van der Waals surface area contributed by atoms with Gasteiger partial charge < -0.3 is 20.5 Å². The standard InChI is InChI=1S/C16H21N3O2/c1-10(2)5-12(17)8-19-16-13-7-15-14(20-9-21-15)6-11(13)3-4-18-16/h3-4,6-7,10,12H,5,8-9,17H2,1-2H3,(H,18,19). The van der Waals surface area contributed by atoms with Crippen LogP contribution >= 0.6 is 0 Å². The summed E-state index contributed by atoms with van der Waals surface area (Å²) in [6.07, 6.45) is 2.78. The van der Waals surface area contributed by atoms with Gasteiger partial charge in [-0.1, -0.05) is 13.8 Å². The van der Waals surface area contributed by atoms with Crippen molar-refractivity contribution in [1.82, 2.24) is 4.98 Å². The zero-order chi connectivity index (χ0) is 14.8. The predicted octanol–water partition coefficient (Wildman–Crippen LogP) is 2.75. The highest BCUT2D eigenvalue weighted by molar-refractivity contribution is 5.94. The third-order valence-electron chi connectivity index (χ3n) is 3.56. The Kier molecular flexibility index (Phi) is 3.84. The first-order chi connectivity index (χ1) is 10.1. The minimum Gasteiger partial charge on any atom is -0.454 e. The number of benzene rings is 1. The molecule has 1 aliphatic heterocycles. The molecule has 0 saturated heterocycles. The maximum absolute atomic E-state index is 6.12. The topological polar surface area (TPSA) is 69.4 Å². The molecule has 5 nitrogen and oxygen atoms in total. The molecule has 1 unspecified atom stereocenters. The van der Waals surface area contributed by atoms with Gasteiger partial charge in [-0.2, -0.15) is 0 Å². The van der Waals surface area contributed by atoms with Crippen LogP contribution in [0.1, 0.15) is 20.3 Å². The van der Waals surface area contributed by atoms with Crippen LogP contribution in [0.5, 0.6) is 11.5 Å². The summed E-state index contributed by atoms with van der Waals surface area (Å²) in [6, 6.07) is 6.05. The van der Waals surface area contributed by atoms with Crippen molar-refractivity contribution >= 4 is 16.6 Å². The Morgan fingerprint density at radius 3 is 2.81 bits per heavy atom. The highest BCUT2D eigenvalue weighted by atomic mass is 16.7. The molecule has 3 rings (SSSR count). The molecule has 5 heteroatoms. The summed E-state index contributed by atoms with van der Waals surface area (Å²) in [5.74, 6) is 2.99. The third kappa shape index (κ3) is 3.03. The molecule has 0 amide bonds. The lowest BCUT2D eigenvalue weighted by Gasteiger charge is -2.16. The van der Waals surface area contributed by atoms with E-state index in [1.54, 1.807) is 6.20 Å². The number of fused-ring (bicyclic) bond motifs is 2. The van der Waals surface area contributed by atoms with Gasteiger partial charge in [0.05, 0.1) is 0 Å². The minimum atomic E-state index is 0.121. The van der Waals surface area contributed by atoms with Crippen LogP contribution in [0.3, 0.4) is 0 Å². The zero-order valence-corrected chi connectivity index (χ0v) is 12.4. The molecule has 1 aromatic carbocycles. The summed E-state index contributed by atoms with van der Waals surface area (Å²) < 4.78 is 10.8. The summed E-state index contributed by atoms with van der Waals surface area (Å²) in [6.45, 7) is 5.34. The van der Waals surface area contributed by atoms with Crippen molar-refractivity contribution in [3.8, 4) is 11.5 Å². The molecule has 0 fully saturated rings. The Morgan fingerprint density at radius 1 is 1.29 bits per heavy atom. The fraction of sp³-hybridized carbons (Fsp3) is 0.438. The number of anilines is 1. The van der Waals surface area contributed by atoms with Gasteiger partial charge in [0.15, 0.2) is 11.5 Å². The maximum atomic E-state index is 6.12. The van der Waals surface area contributed by atoms with Gasteiger partial charge in [-0.15, -0.1) is 0 Å². The highest BCUT2D eigenvalue weighted by Crippen LogP contribution is 2.37. The second-order valence-electron chi connectivity index (χ2n) is 5.86. The first kappa shape index (κ1) is 13.9. The van der Waals surface area contributed by atoms with E-state index in [0.717, 1.165) is 34.5 Å². The van der Waals surface area contributed by atoms with Crippen molar-refractivity contribution < 1.29 is 9.47 Å². The number of aromatic nitrogens is 1. The molecule has 1 aliphatic rings. The van der Waals surface area contributed by atoms with E-state index in [-0.39, 0.29) is 12.8 Å². The smallest absolute Gasteiger partial charge is 0.231 e. The summed E-state index contributed by atoms with van der Waals surface area (Å²) in [7, 11) is 0. The van der Waals surface area contributed by atoms with Gasteiger partial charge in [-0.05, 0) is 35.9 Å². The summed E-state index contributed by atoms with van der Waals surface area (Å²) in [4.78, 5) is 4.42. The van der Waals surface area contributed by atoms with Crippen molar-refractivity contribution in [2.75, 3.05) is 18.7 Å². The predicted molar refractivity (Wildman–Crippen MR) is 83.8 cm³/mol.